The number of rotatable bonds is 3. The molecule has 1 aromatic heterocycles. The molecule has 0 radical (unpaired) electrons. The molecule has 2 rings (SSSR count). The van der Waals surface area contributed by atoms with Crippen molar-refractivity contribution in [3.8, 4) is 5.69 Å². The number of benzene rings is 1. The molecule has 0 aliphatic carbocycles. The van der Waals surface area contributed by atoms with E-state index in [-0.39, 0.29) is 23.6 Å². The highest BCUT2D eigenvalue weighted by atomic mass is 19.4. The molecule has 0 bridgehead atoms. The molecule has 0 fully saturated rings. The monoisotopic (exact) mass is 327 g/mol. The zero-order chi connectivity index (χ0) is 17.4. The molecule has 8 heteroatoms. The van der Waals surface area contributed by atoms with Gasteiger partial charge in [-0.05, 0) is 31.5 Å². The van der Waals surface area contributed by atoms with Crippen molar-refractivity contribution >= 4 is 5.69 Å². The normalized spacial score (nSPS) is 11.7. The first-order valence-corrected chi connectivity index (χ1v) is 6.98. The lowest BCUT2D eigenvalue weighted by atomic mass is 10.2. The van der Waals surface area contributed by atoms with Gasteiger partial charge >= 0.3 is 11.9 Å². The molecule has 2 aromatic rings. The van der Waals surface area contributed by atoms with Crippen molar-refractivity contribution in [2.45, 2.75) is 33.0 Å². The predicted molar refractivity (Wildman–Crippen MR) is 80.7 cm³/mol. The molecule has 1 heterocycles. The Balaban J connectivity index is 2.79. The first kappa shape index (κ1) is 16.9. The molecule has 0 atom stereocenters. The minimum atomic E-state index is -4.53. The average molecular weight is 327 g/mol. The number of hydrogen-bond acceptors (Lipinski definition) is 3. The molecule has 0 spiro atoms. The van der Waals surface area contributed by atoms with Crippen molar-refractivity contribution in [1.29, 1.82) is 0 Å². The molecule has 0 aliphatic heterocycles. The summed E-state index contributed by atoms with van der Waals surface area (Å²) in [4.78, 5) is 24.6. The molecule has 0 aliphatic rings. The molecule has 0 amide bonds. The van der Waals surface area contributed by atoms with E-state index in [1.54, 1.807) is 6.92 Å². The second-order valence-electron chi connectivity index (χ2n) is 5.12. The van der Waals surface area contributed by atoms with Gasteiger partial charge < -0.3 is 5.73 Å². The Kier molecular flexibility index (Phi) is 4.35. The highest BCUT2D eigenvalue weighted by molar-refractivity contribution is 5.46. The van der Waals surface area contributed by atoms with Crippen LogP contribution in [0, 0.1) is 6.92 Å². The van der Waals surface area contributed by atoms with Gasteiger partial charge in [0, 0.05) is 6.54 Å². The first-order chi connectivity index (χ1) is 10.7. The molecule has 5 nitrogen and oxygen atoms in total. The third-order valence-electron chi connectivity index (χ3n) is 3.50. The fraction of sp³-hybridized carbons (Fsp3) is 0.333. The maximum atomic E-state index is 12.9. The molecule has 23 heavy (non-hydrogen) atoms. The first-order valence-electron chi connectivity index (χ1n) is 6.98. The van der Waals surface area contributed by atoms with Crippen LogP contribution in [0.1, 0.15) is 24.6 Å². The van der Waals surface area contributed by atoms with Crippen molar-refractivity contribution in [2.24, 2.45) is 0 Å². The minimum Gasteiger partial charge on any atom is -0.393 e. The van der Waals surface area contributed by atoms with Crippen LogP contribution >= 0.6 is 0 Å². The van der Waals surface area contributed by atoms with Gasteiger partial charge in [0.25, 0.3) is 5.56 Å². The van der Waals surface area contributed by atoms with Crippen LogP contribution in [0.5, 0.6) is 0 Å². The van der Waals surface area contributed by atoms with E-state index in [0.717, 1.165) is 21.3 Å². The predicted octanol–water partition coefficient (Wildman–Crippen LogP) is 2.32. The van der Waals surface area contributed by atoms with Crippen LogP contribution in [0.25, 0.3) is 5.69 Å². The van der Waals surface area contributed by atoms with E-state index in [0.29, 0.717) is 6.42 Å². The summed E-state index contributed by atoms with van der Waals surface area (Å²) in [6.45, 7) is 3.34. The van der Waals surface area contributed by atoms with Gasteiger partial charge in [-0.25, -0.2) is 4.79 Å². The largest absolute Gasteiger partial charge is 0.416 e. The van der Waals surface area contributed by atoms with Crippen LogP contribution in [-0.4, -0.2) is 9.13 Å². The summed E-state index contributed by atoms with van der Waals surface area (Å²) < 4.78 is 40.5. The van der Waals surface area contributed by atoms with Crippen LogP contribution in [0.3, 0.4) is 0 Å². The summed E-state index contributed by atoms with van der Waals surface area (Å²) in [5.74, 6) is 0. The van der Waals surface area contributed by atoms with Crippen molar-refractivity contribution < 1.29 is 13.2 Å². The van der Waals surface area contributed by atoms with E-state index >= 15 is 0 Å². The number of nitrogens with two attached hydrogens (primary N) is 1. The molecule has 0 saturated carbocycles. The van der Waals surface area contributed by atoms with E-state index in [2.05, 4.69) is 0 Å². The second-order valence-corrected chi connectivity index (χ2v) is 5.12. The molecule has 2 N–H and O–H groups in total. The van der Waals surface area contributed by atoms with E-state index in [4.69, 9.17) is 5.73 Å². The van der Waals surface area contributed by atoms with Crippen molar-refractivity contribution in [3.63, 3.8) is 0 Å². The summed E-state index contributed by atoms with van der Waals surface area (Å²) in [7, 11) is 0. The van der Waals surface area contributed by atoms with Crippen LogP contribution in [0.2, 0.25) is 0 Å². The Morgan fingerprint density at radius 1 is 1.22 bits per heavy atom. The number of alkyl halides is 3. The van der Waals surface area contributed by atoms with Crippen LogP contribution < -0.4 is 17.0 Å². The Hall–Kier alpha value is -2.51. The Labute approximate surface area is 129 Å². The number of nitrogen functional groups attached to an aromatic ring is 1. The van der Waals surface area contributed by atoms with Gasteiger partial charge in [0.2, 0.25) is 0 Å². The number of anilines is 1. The lowest BCUT2D eigenvalue weighted by Gasteiger charge is -2.16. The highest BCUT2D eigenvalue weighted by Gasteiger charge is 2.30. The molecular weight excluding hydrogens is 311 g/mol. The topological polar surface area (TPSA) is 70.0 Å². The molecular formula is C15H16F3N3O2. The van der Waals surface area contributed by atoms with Gasteiger partial charge in [0.1, 0.15) is 5.69 Å². The standard InChI is InChI=1S/C15H16F3N3O2/c1-3-7-20-13(22)12(19)9(2)21(14(20)23)11-6-4-5-10(8-11)15(16,17)18/h4-6,8H,3,7,19H2,1-2H3. The van der Waals surface area contributed by atoms with Gasteiger partial charge in [-0.1, -0.05) is 13.0 Å². The fourth-order valence-corrected chi connectivity index (χ4v) is 2.32. The van der Waals surface area contributed by atoms with Gasteiger partial charge in [-0.2, -0.15) is 13.2 Å². The number of hydrogen-bond donors (Lipinski definition) is 1. The van der Waals surface area contributed by atoms with E-state index in [1.165, 1.54) is 19.1 Å². The summed E-state index contributed by atoms with van der Waals surface area (Å²) in [5.41, 5.74) is 3.49. The van der Waals surface area contributed by atoms with Gasteiger partial charge in [0.15, 0.2) is 0 Å². The zero-order valence-electron chi connectivity index (χ0n) is 12.6. The van der Waals surface area contributed by atoms with Gasteiger partial charge in [-0.3, -0.25) is 13.9 Å². The third kappa shape index (κ3) is 3.01. The summed E-state index contributed by atoms with van der Waals surface area (Å²) in [5, 5.41) is 0. The highest BCUT2D eigenvalue weighted by Crippen LogP contribution is 2.30. The smallest absolute Gasteiger partial charge is 0.393 e. The summed E-state index contributed by atoms with van der Waals surface area (Å²) in [6.07, 6.45) is -4.02. The maximum absolute atomic E-state index is 12.9. The third-order valence-corrected chi connectivity index (χ3v) is 3.50. The number of halogens is 3. The van der Waals surface area contributed by atoms with Crippen LogP contribution in [0.15, 0.2) is 33.9 Å². The second kappa shape index (κ2) is 5.94. The maximum Gasteiger partial charge on any atom is 0.416 e. The zero-order valence-corrected chi connectivity index (χ0v) is 12.6. The van der Waals surface area contributed by atoms with E-state index in [9.17, 15) is 22.8 Å². The Morgan fingerprint density at radius 3 is 2.43 bits per heavy atom. The molecule has 124 valence electrons. The van der Waals surface area contributed by atoms with Crippen molar-refractivity contribution in [2.75, 3.05) is 5.73 Å². The van der Waals surface area contributed by atoms with E-state index < -0.39 is 23.0 Å². The van der Waals surface area contributed by atoms with E-state index in [1.807, 2.05) is 0 Å². The fourth-order valence-electron chi connectivity index (χ4n) is 2.32. The quantitative estimate of drug-likeness (QED) is 0.940. The van der Waals surface area contributed by atoms with Gasteiger partial charge in [-0.15, -0.1) is 0 Å². The molecule has 0 unspecified atom stereocenters. The van der Waals surface area contributed by atoms with Crippen molar-refractivity contribution in [3.05, 3.63) is 56.4 Å². The lowest BCUT2D eigenvalue weighted by molar-refractivity contribution is -0.137. The Bertz CT molecular complexity index is 851. The molecule has 1 aromatic carbocycles. The average Bonchev–Trinajstić information content (AvgIpc) is 2.49. The minimum absolute atomic E-state index is 0.0129. The van der Waals surface area contributed by atoms with Crippen LogP contribution in [-0.2, 0) is 12.7 Å². The van der Waals surface area contributed by atoms with Crippen molar-refractivity contribution in [1.82, 2.24) is 9.13 Å². The SMILES string of the molecule is CCCn1c(=O)c(N)c(C)n(-c2cccc(C(F)(F)F)c2)c1=O. The summed E-state index contributed by atoms with van der Waals surface area (Å²) in [6, 6.07) is 4.34. The van der Waals surface area contributed by atoms with Crippen LogP contribution in [0.4, 0.5) is 18.9 Å². The number of nitrogens with zero attached hydrogens (tertiary/aromatic N) is 2. The van der Waals surface area contributed by atoms with Gasteiger partial charge in [0.05, 0.1) is 16.9 Å². The lowest BCUT2D eigenvalue weighted by Crippen LogP contribution is -2.41. The Morgan fingerprint density at radius 2 is 1.87 bits per heavy atom. The number of aromatic nitrogens is 2. The summed E-state index contributed by atoms with van der Waals surface area (Å²) >= 11 is 0. The molecule has 0 saturated heterocycles.